The molecule has 1 aliphatic carbocycles. The van der Waals surface area contributed by atoms with Crippen LogP contribution in [-0.2, 0) is 5.41 Å². The second kappa shape index (κ2) is 14.3. The maximum atomic E-state index is 7.59. The Labute approximate surface area is 387 Å². The molecule has 5 heteroatoms. The number of ether oxygens (including phenoxy) is 2. The highest BCUT2D eigenvalue weighted by atomic mass is 28.3. The van der Waals surface area contributed by atoms with E-state index in [2.05, 4.69) is 243 Å². The molecule has 0 atom stereocenters. The molecule has 0 unspecified atom stereocenters. The van der Waals surface area contributed by atoms with Gasteiger partial charge in [-0.2, -0.15) is 0 Å². The van der Waals surface area contributed by atoms with Gasteiger partial charge in [0.25, 0.3) is 6.71 Å². The van der Waals surface area contributed by atoms with E-state index in [9.17, 15) is 0 Å². The topological polar surface area (TPSA) is 18.5 Å². The fraction of sp³-hybridized carbons (Fsp3) is 0.0164. The summed E-state index contributed by atoms with van der Waals surface area (Å²) in [5.74, 6) is 3.54. The summed E-state index contributed by atoms with van der Waals surface area (Å²) in [5.41, 5.74) is 14.1. The Kier molecular flexibility index (Phi) is 8.14. The van der Waals surface area contributed by atoms with Crippen molar-refractivity contribution in [1.29, 1.82) is 0 Å². The highest BCUT2D eigenvalue weighted by Crippen LogP contribution is 2.57. The normalized spacial score (nSPS) is 14.1. The van der Waals surface area contributed by atoms with E-state index in [1.54, 1.807) is 0 Å². The van der Waals surface area contributed by atoms with E-state index in [4.69, 9.17) is 9.47 Å². The molecule has 3 aliphatic heterocycles. The Bertz CT molecular complexity index is 3420. The lowest BCUT2D eigenvalue weighted by molar-refractivity contribution is 0.464. The number of para-hydroxylation sites is 2. The van der Waals surface area contributed by atoms with Gasteiger partial charge in [-0.15, -0.1) is 0 Å². The Balaban J connectivity index is 1.17. The second-order valence-corrected chi connectivity index (χ2v) is 21.9. The van der Waals surface area contributed by atoms with Crippen molar-refractivity contribution in [3.05, 3.63) is 265 Å². The highest BCUT2D eigenvalue weighted by molar-refractivity contribution is 7.22. The molecule has 0 radical (unpaired) electrons. The lowest BCUT2D eigenvalue weighted by Crippen LogP contribution is -2.80. The van der Waals surface area contributed by atoms with Crippen molar-refractivity contribution >= 4 is 75.0 Å². The maximum absolute atomic E-state index is 7.59. The lowest BCUT2D eigenvalue weighted by Gasteiger charge is -2.46. The molecule has 0 amide bonds. The van der Waals surface area contributed by atoms with Crippen molar-refractivity contribution < 1.29 is 9.47 Å². The molecule has 0 N–H and O–H groups in total. The predicted molar refractivity (Wildman–Crippen MR) is 276 cm³/mol. The van der Waals surface area contributed by atoms with Crippen LogP contribution in [0.15, 0.2) is 243 Å². The fourth-order valence-electron chi connectivity index (χ4n) is 12.7. The van der Waals surface area contributed by atoms with E-state index < -0.39 is 13.5 Å². The molecule has 4 aliphatic rings. The molecule has 14 rings (SSSR count). The van der Waals surface area contributed by atoms with Crippen molar-refractivity contribution in [1.82, 2.24) is 0 Å². The first-order valence-electron chi connectivity index (χ1n) is 23.1. The van der Waals surface area contributed by atoms with E-state index in [0.29, 0.717) is 0 Å². The molecule has 2 nitrogen and oxygen atoms in total. The Morgan fingerprint density at radius 2 is 0.742 bits per heavy atom. The van der Waals surface area contributed by atoms with Crippen molar-refractivity contribution in [3.63, 3.8) is 0 Å². The molecule has 3 heterocycles. The number of fused-ring (bicyclic) bond motifs is 14. The van der Waals surface area contributed by atoms with E-state index in [-0.39, 0.29) is 13.4 Å². The molecule has 306 valence electrons. The van der Waals surface area contributed by atoms with Gasteiger partial charge < -0.3 is 9.47 Å². The summed E-state index contributed by atoms with van der Waals surface area (Å²) in [5, 5.41) is 5.39. The summed E-state index contributed by atoms with van der Waals surface area (Å²) in [7, 11) is -3.05. The SMILES string of the molecule is c1ccc([Si](c2ccccc2)(c2ccccc2)c2ccccc2B2c3ccccc3C3(c4ccccc4-c4ccccc43)c3cc4c5c(c32)Oc2ccccc2B5c2ccccc2O4)cc1. The average molecular weight is 855 g/mol. The Morgan fingerprint density at radius 1 is 0.318 bits per heavy atom. The minimum atomic E-state index is -3.05. The van der Waals surface area contributed by atoms with Crippen LogP contribution in [0.1, 0.15) is 22.3 Å². The first kappa shape index (κ1) is 37.5. The molecular formula is C61H40B2O2Si. The van der Waals surface area contributed by atoms with E-state index in [0.717, 1.165) is 39.4 Å². The fourth-order valence-corrected chi connectivity index (χ4v) is 17.7. The van der Waals surface area contributed by atoms with Gasteiger partial charge >= 0.3 is 0 Å². The lowest BCUT2D eigenvalue weighted by atomic mass is 9.28. The number of rotatable bonds is 5. The van der Waals surface area contributed by atoms with E-state index in [1.165, 1.54) is 70.5 Å². The number of hydrogen-bond acceptors (Lipinski definition) is 2. The summed E-state index contributed by atoms with van der Waals surface area (Å²) in [4.78, 5) is 0. The minimum absolute atomic E-state index is 0.0752. The molecular weight excluding hydrogens is 814 g/mol. The van der Waals surface area contributed by atoms with Crippen molar-refractivity contribution in [3.8, 4) is 34.1 Å². The van der Waals surface area contributed by atoms with Gasteiger partial charge in [0.05, 0.1) is 5.41 Å². The maximum Gasteiger partial charge on any atom is 0.260 e. The first-order chi connectivity index (χ1) is 32.8. The smallest absolute Gasteiger partial charge is 0.260 e. The summed E-state index contributed by atoms with van der Waals surface area (Å²) in [6.45, 7) is -0.293. The Hall–Kier alpha value is -7.85. The average Bonchev–Trinajstić information content (AvgIpc) is 3.68. The van der Waals surface area contributed by atoms with Crippen molar-refractivity contribution in [2.75, 3.05) is 0 Å². The van der Waals surface area contributed by atoms with Gasteiger partial charge in [-0.25, -0.2) is 0 Å². The third-order valence-corrected chi connectivity index (χ3v) is 20.0. The zero-order valence-corrected chi connectivity index (χ0v) is 37.1. The van der Waals surface area contributed by atoms with E-state index in [1.807, 2.05) is 0 Å². The number of hydrogen-bond donors (Lipinski definition) is 0. The largest absolute Gasteiger partial charge is 0.459 e. The van der Waals surface area contributed by atoms with Crippen LogP contribution in [0.25, 0.3) is 11.1 Å². The van der Waals surface area contributed by atoms with Crippen LogP contribution in [0.5, 0.6) is 23.0 Å². The van der Waals surface area contributed by atoms with Gasteiger partial charge in [-0.05, 0) is 88.7 Å². The van der Waals surface area contributed by atoms with Crippen LogP contribution in [0.3, 0.4) is 0 Å². The Morgan fingerprint density at radius 3 is 1.32 bits per heavy atom. The molecule has 66 heavy (non-hydrogen) atoms. The monoisotopic (exact) mass is 854 g/mol. The van der Waals surface area contributed by atoms with Crippen LogP contribution in [0, 0.1) is 0 Å². The molecule has 0 aromatic heterocycles. The summed E-state index contributed by atoms with van der Waals surface area (Å²) < 4.78 is 14.8. The minimum Gasteiger partial charge on any atom is -0.459 e. The predicted octanol–water partition coefficient (Wildman–Crippen LogP) is 6.98. The summed E-state index contributed by atoms with van der Waals surface area (Å²) in [6.07, 6.45) is 0. The molecule has 10 aromatic rings. The van der Waals surface area contributed by atoms with E-state index >= 15 is 0 Å². The molecule has 10 aromatic carbocycles. The molecule has 0 saturated carbocycles. The number of benzene rings is 10. The van der Waals surface area contributed by atoms with Gasteiger partial charge in [0.2, 0.25) is 6.71 Å². The third-order valence-electron chi connectivity index (χ3n) is 15.1. The second-order valence-electron chi connectivity index (χ2n) is 18.1. The first-order valence-corrected chi connectivity index (χ1v) is 25.1. The van der Waals surface area contributed by atoms with Gasteiger partial charge in [0, 0.05) is 5.46 Å². The van der Waals surface area contributed by atoms with Gasteiger partial charge in [-0.3, -0.25) is 0 Å². The molecule has 0 saturated heterocycles. The van der Waals surface area contributed by atoms with Crippen LogP contribution in [0.2, 0.25) is 0 Å². The molecule has 1 spiro atoms. The van der Waals surface area contributed by atoms with Gasteiger partial charge in [0.15, 0.2) is 8.07 Å². The molecule has 0 bridgehead atoms. The standard InChI is InChI=1S/C61H40B2O2Si/c1-4-22-41(23-5-1)66(42-24-6-2-7-25-42,43-26-8-3-9-27-43)57-39-21-18-36-53(57)62-50-33-15-14-32-48(50)61(46-30-12-10-28-44(46)45-29-11-13-31-47(45)61)49-40-56-59-60(58(49)62)65-55-38-20-17-35-52(55)63(59)51-34-16-19-37-54(51)64-56/h1-40H. The third kappa shape index (κ3) is 4.93. The quantitative estimate of drug-likeness (QED) is 0.138. The van der Waals surface area contributed by atoms with Crippen molar-refractivity contribution in [2.24, 2.45) is 0 Å². The van der Waals surface area contributed by atoms with Gasteiger partial charge in [0.1, 0.15) is 23.0 Å². The van der Waals surface area contributed by atoms with Crippen LogP contribution in [0.4, 0.5) is 0 Å². The van der Waals surface area contributed by atoms with Crippen LogP contribution < -0.4 is 63.0 Å². The van der Waals surface area contributed by atoms with Crippen LogP contribution in [-0.4, -0.2) is 21.5 Å². The highest BCUT2D eigenvalue weighted by Gasteiger charge is 2.57. The van der Waals surface area contributed by atoms with Crippen LogP contribution >= 0.6 is 0 Å². The molecule has 0 fully saturated rings. The zero-order valence-electron chi connectivity index (χ0n) is 36.1. The van der Waals surface area contributed by atoms with Gasteiger partial charge in [-0.1, -0.05) is 235 Å². The zero-order chi connectivity index (χ0) is 43.4. The summed E-state index contributed by atoms with van der Waals surface area (Å²) >= 11 is 0. The summed E-state index contributed by atoms with van der Waals surface area (Å²) in [6, 6.07) is 90.5. The van der Waals surface area contributed by atoms with Crippen molar-refractivity contribution in [2.45, 2.75) is 5.41 Å².